The van der Waals surface area contributed by atoms with Gasteiger partial charge in [0.2, 0.25) is 5.91 Å². The molecule has 1 aromatic carbocycles. The predicted molar refractivity (Wildman–Crippen MR) is 77.5 cm³/mol. The standard InChI is InChI=1S/C13H15N5O3/c1-3-9-11(7-17(2)16-9)15-10-5-4-8(13(14)19)6-12(10)18(20)21/h4-7,15H,3H2,1-2H3,(H2,14,19). The normalized spacial score (nSPS) is 10.4. The number of rotatable bonds is 5. The number of primary amides is 1. The van der Waals surface area contributed by atoms with Gasteiger partial charge in [0.25, 0.3) is 5.69 Å². The quantitative estimate of drug-likeness (QED) is 0.642. The molecule has 8 nitrogen and oxygen atoms in total. The molecule has 1 amide bonds. The minimum atomic E-state index is -0.708. The maximum Gasteiger partial charge on any atom is 0.293 e. The Kier molecular flexibility index (Phi) is 3.88. The largest absolute Gasteiger partial charge is 0.366 e. The second-order valence-corrected chi connectivity index (χ2v) is 4.49. The van der Waals surface area contributed by atoms with Gasteiger partial charge < -0.3 is 11.1 Å². The number of nitrogens with two attached hydrogens (primary N) is 1. The van der Waals surface area contributed by atoms with Gasteiger partial charge in [0, 0.05) is 24.9 Å². The van der Waals surface area contributed by atoms with Gasteiger partial charge in [-0.2, -0.15) is 5.10 Å². The Balaban J connectivity index is 2.43. The summed E-state index contributed by atoms with van der Waals surface area (Å²) in [5.41, 5.74) is 6.79. The zero-order chi connectivity index (χ0) is 15.6. The lowest BCUT2D eigenvalue weighted by molar-refractivity contribution is -0.383. The highest BCUT2D eigenvalue weighted by Gasteiger charge is 2.18. The van der Waals surface area contributed by atoms with Crippen molar-refractivity contribution in [3.05, 3.63) is 45.8 Å². The van der Waals surface area contributed by atoms with Crippen LogP contribution in [0.3, 0.4) is 0 Å². The Bertz CT molecular complexity index is 708. The molecule has 0 aliphatic carbocycles. The van der Waals surface area contributed by atoms with E-state index in [0.717, 1.165) is 11.8 Å². The highest BCUT2D eigenvalue weighted by Crippen LogP contribution is 2.29. The molecular formula is C13H15N5O3. The lowest BCUT2D eigenvalue weighted by Gasteiger charge is -2.07. The highest BCUT2D eigenvalue weighted by atomic mass is 16.6. The molecule has 2 rings (SSSR count). The van der Waals surface area contributed by atoms with E-state index < -0.39 is 10.8 Å². The topological polar surface area (TPSA) is 116 Å². The fourth-order valence-electron chi connectivity index (χ4n) is 1.99. The van der Waals surface area contributed by atoms with Crippen molar-refractivity contribution in [1.82, 2.24) is 9.78 Å². The smallest absolute Gasteiger partial charge is 0.293 e. The summed E-state index contributed by atoms with van der Waals surface area (Å²) < 4.78 is 1.63. The molecule has 0 radical (unpaired) electrons. The maximum absolute atomic E-state index is 11.1. The van der Waals surface area contributed by atoms with Crippen LogP contribution in [-0.4, -0.2) is 20.6 Å². The van der Waals surface area contributed by atoms with E-state index in [-0.39, 0.29) is 16.9 Å². The molecule has 0 spiro atoms. The van der Waals surface area contributed by atoms with Crippen LogP contribution in [0.1, 0.15) is 23.0 Å². The van der Waals surface area contributed by atoms with Crippen LogP contribution in [0.15, 0.2) is 24.4 Å². The number of hydrogen-bond donors (Lipinski definition) is 2. The molecule has 8 heteroatoms. The molecule has 3 N–H and O–H groups in total. The van der Waals surface area contributed by atoms with Gasteiger partial charge in [-0.15, -0.1) is 0 Å². The number of carbonyl (C=O) groups is 1. The summed E-state index contributed by atoms with van der Waals surface area (Å²) in [6, 6.07) is 4.07. The monoisotopic (exact) mass is 289 g/mol. The van der Waals surface area contributed by atoms with Crippen molar-refractivity contribution >= 4 is 23.0 Å². The van der Waals surface area contributed by atoms with Crippen molar-refractivity contribution in [1.29, 1.82) is 0 Å². The fraction of sp³-hybridized carbons (Fsp3) is 0.231. The Morgan fingerprint density at radius 2 is 2.19 bits per heavy atom. The van der Waals surface area contributed by atoms with Crippen molar-refractivity contribution in [2.24, 2.45) is 12.8 Å². The number of aromatic nitrogens is 2. The molecule has 2 aromatic rings. The average molecular weight is 289 g/mol. The number of nitro groups is 1. The van der Waals surface area contributed by atoms with E-state index in [2.05, 4.69) is 10.4 Å². The number of anilines is 2. The van der Waals surface area contributed by atoms with Crippen molar-refractivity contribution < 1.29 is 9.72 Å². The highest BCUT2D eigenvalue weighted by molar-refractivity contribution is 5.94. The third-order valence-electron chi connectivity index (χ3n) is 2.99. The average Bonchev–Trinajstić information content (AvgIpc) is 2.78. The number of nitrogens with one attached hydrogen (secondary N) is 1. The number of hydrogen-bond acceptors (Lipinski definition) is 5. The summed E-state index contributed by atoms with van der Waals surface area (Å²) in [5.74, 6) is -0.708. The summed E-state index contributed by atoms with van der Waals surface area (Å²) in [6.45, 7) is 1.94. The number of benzene rings is 1. The zero-order valence-corrected chi connectivity index (χ0v) is 11.7. The Hall–Kier alpha value is -2.90. The lowest BCUT2D eigenvalue weighted by Crippen LogP contribution is -2.11. The van der Waals surface area contributed by atoms with Crippen LogP contribution in [0, 0.1) is 10.1 Å². The molecule has 0 fully saturated rings. The zero-order valence-electron chi connectivity index (χ0n) is 11.7. The second-order valence-electron chi connectivity index (χ2n) is 4.49. The second kappa shape index (κ2) is 5.61. The first-order valence-electron chi connectivity index (χ1n) is 6.30. The molecule has 0 aliphatic rings. The molecule has 0 atom stereocenters. The van der Waals surface area contributed by atoms with Gasteiger partial charge in [-0.3, -0.25) is 19.6 Å². The van der Waals surface area contributed by atoms with Crippen LogP contribution in [0.25, 0.3) is 0 Å². The molecule has 0 unspecified atom stereocenters. The van der Waals surface area contributed by atoms with Crippen molar-refractivity contribution in [2.45, 2.75) is 13.3 Å². The molecule has 0 saturated carbocycles. The summed E-state index contributed by atoms with van der Waals surface area (Å²) in [7, 11) is 1.77. The molecule has 0 aliphatic heterocycles. The fourth-order valence-corrected chi connectivity index (χ4v) is 1.99. The third kappa shape index (κ3) is 2.99. The van der Waals surface area contributed by atoms with Crippen molar-refractivity contribution in [2.75, 3.05) is 5.32 Å². The van der Waals surface area contributed by atoms with Crippen LogP contribution < -0.4 is 11.1 Å². The SMILES string of the molecule is CCc1nn(C)cc1Nc1ccc(C(N)=O)cc1[N+](=O)[O-]. The summed E-state index contributed by atoms with van der Waals surface area (Å²) in [6.07, 6.45) is 2.43. The van der Waals surface area contributed by atoms with Crippen LogP contribution in [0.2, 0.25) is 0 Å². The minimum absolute atomic E-state index is 0.0918. The molecule has 1 heterocycles. The first-order chi connectivity index (χ1) is 9.92. The van der Waals surface area contributed by atoms with Crippen molar-refractivity contribution in [3.63, 3.8) is 0 Å². The molecule has 21 heavy (non-hydrogen) atoms. The van der Waals surface area contributed by atoms with Gasteiger partial charge in [-0.05, 0) is 18.6 Å². The van der Waals surface area contributed by atoms with Crippen molar-refractivity contribution in [3.8, 4) is 0 Å². The maximum atomic E-state index is 11.1. The number of nitro benzene ring substituents is 1. The van der Waals surface area contributed by atoms with Crippen LogP contribution in [-0.2, 0) is 13.5 Å². The molecule has 0 saturated heterocycles. The first-order valence-corrected chi connectivity index (χ1v) is 6.30. The van der Waals surface area contributed by atoms with Crippen LogP contribution in [0.4, 0.5) is 17.1 Å². The summed E-state index contributed by atoms with van der Waals surface area (Å²) in [4.78, 5) is 21.7. The van der Waals surface area contributed by atoms with E-state index in [4.69, 9.17) is 5.73 Å². The Labute approximate surface area is 120 Å². The number of carbonyl (C=O) groups excluding carboxylic acids is 1. The van der Waals surface area contributed by atoms with Gasteiger partial charge in [-0.25, -0.2) is 0 Å². The molecular weight excluding hydrogens is 274 g/mol. The van der Waals surface area contributed by atoms with Crippen LogP contribution in [0.5, 0.6) is 0 Å². The van der Waals surface area contributed by atoms with E-state index in [0.29, 0.717) is 12.1 Å². The van der Waals surface area contributed by atoms with Gasteiger partial charge in [-0.1, -0.05) is 6.92 Å². The minimum Gasteiger partial charge on any atom is -0.366 e. The van der Waals surface area contributed by atoms with Gasteiger partial charge in [0.05, 0.1) is 16.3 Å². The lowest BCUT2D eigenvalue weighted by atomic mass is 10.1. The van der Waals surface area contributed by atoms with E-state index in [1.807, 2.05) is 6.92 Å². The van der Waals surface area contributed by atoms with Gasteiger partial charge in [0.15, 0.2) is 0 Å². The molecule has 0 bridgehead atoms. The Morgan fingerprint density at radius 3 is 2.76 bits per heavy atom. The van der Waals surface area contributed by atoms with E-state index in [1.54, 1.807) is 17.9 Å². The number of amides is 1. The Morgan fingerprint density at radius 1 is 1.48 bits per heavy atom. The van der Waals surface area contributed by atoms with Gasteiger partial charge in [0.1, 0.15) is 5.69 Å². The predicted octanol–water partition coefficient (Wildman–Crippen LogP) is 1.73. The summed E-state index contributed by atoms with van der Waals surface area (Å²) >= 11 is 0. The number of aryl methyl sites for hydroxylation is 2. The van der Waals surface area contributed by atoms with E-state index in [1.165, 1.54) is 12.1 Å². The summed E-state index contributed by atoms with van der Waals surface area (Å²) in [5, 5.41) is 18.4. The van der Waals surface area contributed by atoms with Crippen LogP contribution >= 0.6 is 0 Å². The third-order valence-corrected chi connectivity index (χ3v) is 2.99. The number of nitrogens with zero attached hydrogens (tertiary/aromatic N) is 3. The molecule has 1 aromatic heterocycles. The van der Waals surface area contributed by atoms with E-state index in [9.17, 15) is 14.9 Å². The molecule has 110 valence electrons. The van der Waals surface area contributed by atoms with Gasteiger partial charge >= 0.3 is 0 Å². The van der Waals surface area contributed by atoms with E-state index >= 15 is 0 Å². The first kappa shape index (κ1) is 14.5.